The molecule has 0 radical (unpaired) electrons. The van der Waals surface area contributed by atoms with Crippen molar-refractivity contribution in [3.05, 3.63) is 36.9 Å². The van der Waals surface area contributed by atoms with E-state index in [1.54, 1.807) is 6.33 Å². The molecule has 0 aliphatic carbocycles. The number of nitrogens with zero attached hydrogens (tertiary/aromatic N) is 7. The van der Waals surface area contributed by atoms with Crippen LogP contribution in [0.5, 0.6) is 5.88 Å². The van der Waals surface area contributed by atoms with Crippen molar-refractivity contribution in [2.24, 2.45) is 0 Å². The van der Waals surface area contributed by atoms with Gasteiger partial charge in [0.2, 0.25) is 0 Å². The Labute approximate surface area is 243 Å². The highest BCUT2D eigenvalue weighted by Gasteiger charge is 2.47. The van der Waals surface area contributed by atoms with E-state index in [4.69, 9.17) is 18.4 Å². The maximum absolute atomic E-state index is 6.94. The predicted molar refractivity (Wildman–Crippen MR) is 163 cm³/mol. The first-order valence-corrected chi connectivity index (χ1v) is 20.0. The molecule has 1 fully saturated rings. The van der Waals surface area contributed by atoms with Crippen LogP contribution < -0.4 is 4.84 Å². The summed E-state index contributed by atoms with van der Waals surface area (Å²) in [6.07, 6.45) is 3.22. The number of imidazole rings is 1. The van der Waals surface area contributed by atoms with Crippen LogP contribution in [0.1, 0.15) is 54.2 Å². The molecule has 0 spiro atoms. The molecule has 3 unspecified atom stereocenters. The van der Waals surface area contributed by atoms with E-state index in [2.05, 4.69) is 93.0 Å². The van der Waals surface area contributed by atoms with Gasteiger partial charge in [-0.2, -0.15) is 4.98 Å². The van der Waals surface area contributed by atoms with E-state index in [-0.39, 0.29) is 34.4 Å². The third-order valence-electron chi connectivity index (χ3n) is 8.98. The minimum atomic E-state index is -2.07. The summed E-state index contributed by atoms with van der Waals surface area (Å²) >= 11 is 0. The summed E-state index contributed by atoms with van der Waals surface area (Å²) in [5.74, 6) is 0.286. The number of hydrogen-bond acceptors (Lipinski definition) is 9. The van der Waals surface area contributed by atoms with E-state index < -0.39 is 16.6 Å². The van der Waals surface area contributed by atoms with Gasteiger partial charge in [-0.05, 0) is 53.6 Å². The zero-order valence-corrected chi connectivity index (χ0v) is 27.9. The number of benzene rings is 1. The third kappa shape index (κ3) is 5.82. The highest BCUT2D eigenvalue weighted by atomic mass is 28.4. The lowest BCUT2D eigenvalue weighted by molar-refractivity contribution is -0.0383. The number of para-hydroxylation sites is 1. The number of fused-ring (bicyclic) bond motifs is 2. The summed E-state index contributed by atoms with van der Waals surface area (Å²) in [5, 5.41) is 8.44. The Morgan fingerprint density at radius 3 is 2.37 bits per heavy atom. The molecule has 4 heterocycles. The first-order chi connectivity index (χ1) is 19.1. The molecule has 1 aromatic carbocycles. The van der Waals surface area contributed by atoms with Crippen LogP contribution in [0.4, 0.5) is 0 Å². The average molecular weight is 598 g/mol. The van der Waals surface area contributed by atoms with Crippen LogP contribution in [0, 0.1) is 0 Å². The third-order valence-corrected chi connectivity index (χ3v) is 18.0. The van der Waals surface area contributed by atoms with Gasteiger partial charge in [0.25, 0.3) is 5.88 Å². The van der Waals surface area contributed by atoms with Gasteiger partial charge in [-0.25, -0.2) is 9.97 Å². The number of aromatic nitrogens is 7. The summed E-state index contributed by atoms with van der Waals surface area (Å²) in [4.78, 5) is 20.9. The molecule has 0 bridgehead atoms. The molecule has 13 heteroatoms. The summed E-state index contributed by atoms with van der Waals surface area (Å²) in [6, 6.07) is 7.56. The average Bonchev–Trinajstić information content (AvgIpc) is 3.59. The lowest BCUT2D eigenvalue weighted by Crippen LogP contribution is -2.48. The number of hydrogen-bond donors (Lipinski definition) is 0. The Balaban J connectivity index is 1.42. The highest BCUT2D eigenvalue weighted by Crippen LogP contribution is 2.43. The van der Waals surface area contributed by atoms with Crippen molar-refractivity contribution in [1.29, 1.82) is 0 Å². The first kappa shape index (κ1) is 29.8. The van der Waals surface area contributed by atoms with Crippen LogP contribution in [0.2, 0.25) is 36.3 Å². The van der Waals surface area contributed by atoms with Crippen molar-refractivity contribution in [1.82, 2.24) is 34.7 Å². The molecule has 3 atom stereocenters. The molecule has 222 valence electrons. The Hall–Kier alpha value is -2.72. The Kier molecular flexibility index (Phi) is 7.64. The van der Waals surface area contributed by atoms with E-state index in [9.17, 15) is 0 Å². The molecule has 0 N–H and O–H groups in total. The molecule has 41 heavy (non-hydrogen) atoms. The van der Waals surface area contributed by atoms with Gasteiger partial charge in [0.15, 0.2) is 27.8 Å². The van der Waals surface area contributed by atoms with Gasteiger partial charge >= 0.3 is 0 Å². The van der Waals surface area contributed by atoms with E-state index in [1.165, 1.54) is 11.2 Å². The van der Waals surface area contributed by atoms with Gasteiger partial charge in [-0.1, -0.05) is 58.5 Å². The van der Waals surface area contributed by atoms with Crippen molar-refractivity contribution in [2.45, 2.75) is 103 Å². The fourth-order valence-electron chi connectivity index (χ4n) is 4.31. The fourth-order valence-corrected chi connectivity index (χ4v) is 6.68. The minimum absolute atomic E-state index is 0.0720. The maximum Gasteiger partial charge on any atom is 0.280 e. The normalized spacial score (nSPS) is 20.8. The summed E-state index contributed by atoms with van der Waals surface area (Å²) < 4.78 is 22.2. The molecule has 5 rings (SSSR count). The second-order valence-corrected chi connectivity index (χ2v) is 23.5. The van der Waals surface area contributed by atoms with Gasteiger partial charge in [0.1, 0.15) is 29.7 Å². The SMILES string of the molecule is CC(C)(C)[Si](C)(C)OCC1OC(n2cnc3c(On4nnc5ccccc54)ncnc32)CC1O[Si](C)(C)C(C)(C)C. The van der Waals surface area contributed by atoms with Crippen molar-refractivity contribution in [3.63, 3.8) is 0 Å². The molecule has 3 aromatic heterocycles. The van der Waals surface area contributed by atoms with E-state index in [0.717, 1.165) is 11.0 Å². The summed E-state index contributed by atoms with van der Waals surface area (Å²) in [6.45, 7) is 23.1. The minimum Gasteiger partial charge on any atom is -0.414 e. The molecule has 0 saturated carbocycles. The Morgan fingerprint density at radius 1 is 0.951 bits per heavy atom. The van der Waals surface area contributed by atoms with Gasteiger partial charge < -0.3 is 18.4 Å². The molecule has 1 saturated heterocycles. The van der Waals surface area contributed by atoms with Crippen molar-refractivity contribution < 1.29 is 18.4 Å². The van der Waals surface area contributed by atoms with Crippen molar-refractivity contribution in [3.8, 4) is 5.88 Å². The Bertz CT molecular complexity index is 1520. The van der Waals surface area contributed by atoms with E-state index >= 15 is 0 Å². The highest BCUT2D eigenvalue weighted by molar-refractivity contribution is 6.74. The van der Waals surface area contributed by atoms with Crippen LogP contribution in [0.15, 0.2) is 36.9 Å². The van der Waals surface area contributed by atoms with Crippen molar-refractivity contribution >= 4 is 38.8 Å². The molecule has 0 amide bonds. The van der Waals surface area contributed by atoms with Crippen LogP contribution in [-0.2, 0) is 13.6 Å². The standard InChI is InChI=1S/C28H43N7O4Si2/c1-27(2,3)40(7,8)36-16-22-21(39-41(9,10)28(4,5)6)15-23(37-22)34-18-31-24-25(34)29-17-30-26(24)38-35-20-14-12-11-13-19(20)32-33-35/h11-14,17-18,21-23H,15-16H2,1-10H3. The molecular formula is C28H43N7O4Si2. The zero-order chi connectivity index (χ0) is 29.8. The van der Waals surface area contributed by atoms with Gasteiger partial charge in [-0.3, -0.25) is 4.57 Å². The second kappa shape index (κ2) is 10.5. The lowest BCUT2D eigenvalue weighted by atomic mass is 10.2. The Morgan fingerprint density at radius 2 is 1.66 bits per heavy atom. The monoisotopic (exact) mass is 597 g/mol. The number of rotatable bonds is 8. The smallest absolute Gasteiger partial charge is 0.280 e. The van der Waals surface area contributed by atoms with Gasteiger partial charge in [-0.15, -0.1) is 5.10 Å². The van der Waals surface area contributed by atoms with E-state index in [1.807, 2.05) is 28.8 Å². The van der Waals surface area contributed by atoms with Crippen LogP contribution in [-0.4, -0.2) is 70.1 Å². The molecule has 1 aliphatic rings. The molecule has 4 aromatic rings. The van der Waals surface area contributed by atoms with Gasteiger partial charge in [0.05, 0.1) is 19.0 Å². The largest absolute Gasteiger partial charge is 0.414 e. The second-order valence-electron chi connectivity index (χ2n) is 13.9. The first-order valence-electron chi connectivity index (χ1n) is 14.2. The maximum atomic E-state index is 6.94. The molecular weight excluding hydrogens is 555 g/mol. The summed E-state index contributed by atoms with van der Waals surface area (Å²) in [7, 11) is -4.05. The quantitative estimate of drug-likeness (QED) is 0.222. The number of ether oxygens (including phenoxy) is 1. The van der Waals surface area contributed by atoms with Crippen LogP contribution in [0.25, 0.3) is 22.2 Å². The lowest BCUT2D eigenvalue weighted by Gasteiger charge is -2.40. The molecule has 11 nitrogen and oxygen atoms in total. The predicted octanol–water partition coefficient (Wildman–Crippen LogP) is 6.11. The van der Waals surface area contributed by atoms with Crippen LogP contribution >= 0.6 is 0 Å². The molecule has 1 aliphatic heterocycles. The summed E-state index contributed by atoms with van der Waals surface area (Å²) in [5.41, 5.74) is 2.58. The zero-order valence-electron chi connectivity index (χ0n) is 25.9. The van der Waals surface area contributed by atoms with Gasteiger partial charge in [0, 0.05) is 6.42 Å². The van der Waals surface area contributed by atoms with Crippen molar-refractivity contribution in [2.75, 3.05) is 6.61 Å². The fraction of sp³-hybridized carbons (Fsp3) is 0.607. The van der Waals surface area contributed by atoms with E-state index in [0.29, 0.717) is 24.2 Å². The topological polar surface area (TPSA) is 111 Å². The van der Waals surface area contributed by atoms with Crippen LogP contribution in [0.3, 0.4) is 0 Å².